The van der Waals surface area contributed by atoms with Crippen molar-refractivity contribution in [2.45, 2.75) is 38.6 Å². The van der Waals surface area contributed by atoms with Gasteiger partial charge in [-0.2, -0.15) is 0 Å². The Morgan fingerprint density at radius 3 is 2.57 bits per heavy atom. The van der Waals surface area contributed by atoms with E-state index < -0.39 is 0 Å². The maximum absolute atomic E-state index is 12.1. The molecule has 2 aromatic rings. The average Bonchev–Trinajstić information content (AvgIpc) is 2.60. The van der Waals surface area contributed by atoms with Gasteiger partial charge >= 0.3 is 0 Å². The Morgan fingerprint density at radius 2 is 1.78 bits per heavy atom. The van der Waals surface area contributed by atoms with Gasteiger partial charge in [0.25, 0.3) is 0 Å². The van der Waals surface area contributed by atoms with Crippen molar-refractivity contribution in [2.75, 3.05) is 0 Å². The number of hydrogen-bond acceptors (Lipinski definition) is 1. The SMILES string of the molecule is C[C@H](NC(=O)/C=C/c1ccccc1)c1ccc2c(c1)CCCC2. The molecule has 1 atom stereocenters. The lowest BCUT2D eigenvalue weighted by atomic mass is 9.89. The van der Waals surface area contributed by atoms with Crippen LogP contribution in [0.2, 0.25) is 0 Å². The van der Waals surface area contributed by atoms with Crippen LogP contribution in [0.1, 0.15) is 48.1 Å². The largest absolute Gasteiger partial charge is 0.346 e. The minimum atomic E-state index is -0.0564. The van der Waals surface area contributed by atoms with Crippen LogP contribution in [0.15, 0.2) is 54.6 Å². The average molecular weight is 305 g/mol. The van der Waals surface area contributed by atoms with E-state index in [2.05, 4.69) is 23.5 Å². The summed E-state index contributed by atoms with van der Waals surface area (Å²) >= 11 is 0. The number of benzene rings is 2. The fourth-order valence-electron chi connectivity index (χ4n) is 3.10. The van der Waals surface area contributed by atoms with E-state index in [4.69, 9.17) is 0 Å². The van der Waals surface area contributed by atoms with Gasteiger partial charge in [-0.05, 0) is 60.9 Å². The summed E-state index contributed by atoms with van der Waals surface area (Å²) in [5.41, 5.74) is 5.15. The van der Waals surface area contributed by atoms with E-state index in [0.29, 0.717) is 0 Å². The lowest BCUT2D eigenvalue weighted by Gasteiger charge is -2.19. The zero-order chi connectivity index (χ0) is 16.1. The number of carbonyl (C=O) groups excluding carboxylic acids is 1. The topological polar surface area (TPSA) is 29.1 Å². The fourth-order valence-corrected chi connectivity index (χ4v) is 3.10. The van der Waals surface area contributed by atoms with Gasteiger partial charge < -0.3 is 5.32 Å². The van der Waals surface area contributed by atoms with Crippen LogP contribution < -0.4 is 5.32 Å². The molecule has 1 aliphatic carbocycles. The Morgan fingerprint density at radius 1 is 1.04 bits per heavy atom. The highest BCUT2D eigenvalue weighted by molar-refractivity contribution is 5.91. The normalized spacial score (nSPS) is 15.2. The Bertz CT molecular complexity index is 703. The van der Waals surface area contributed by atoms with Crippen LogP contribution in [-0.2, 0) is 17.6 Å². The summed E-state index contributed by atoms with van der Waals surface area (Å²) in [4.78, 5) is 12.1. The van der Waals surface area contributed by atoms with E-state index in [-0.39, 0.29) is 11.9 Å². The van der Waals surface area contributed by atoms with Gasteiger partial charge in [0.1, 0.15) is 0 Å². The molecule has 0 aromatic heterocycles. The molecule has 1 amide bonds. The first-order chi connectivity index (χ1) is 11.2. The van der Waals surface area contributed by atoms with Crippen LogP contribution in [-0.4, -0.2) is 5.91 Å². The first-order valence-electron chi connectivity index (χ1n) is 8.38. The van der Waals surface area contributed by atoms with Crippen molar-refractivity contribution in [3.8, 4) is 0 Å². The lowest BCUT2D eigenvalue weighted by Crippen LogP contribution is -2.24. The molecule has 0 aliphatic heterocycles. The zero-order valence-electron chi connectivity index (χ0n) is 13.6. The minimum Gasteiger partial charge on any atom is -0.346 e. The molecule has 0 saturated carbocycles. The fraction of sp³-hybridized carbons (Fsp3) is 0.286. The van der Waals surface area contributed by atoms with Crippen LogP contribution in [0.5, 0.6) is 0 Å². The Labute approximate surface area is 138 Å². The molecular weight excluding hydrogens is 282 g/mol. The summed E-state index contributed by atoms with van der Waals surface area (Å²) in [6, 6.07) is 16.5. The second-order valence-electron chi connectivity index (χ2n) is 6.21. The molecule has 118 valence electrons. The summed E-state index contributed by atoms with van der Waals surface area (Å²) in [5, 5.41) is 3.05. The van der Waals surface area contributed by atoms with Gasteiger partial charge in [-0.1, -0.05) is 48.5 Å². The quantitative estimate of drug-likeness (QED) is 0.830. The van der Waals surface area contributed by atoms with Gasteiger partial charge in [-0.25, -0.2) is 0 Å². The second-order valence-corrected chi connectivity index (χ2v) is 6.21. The molecule has 0 fully saturated rings. The molecule has 2 aromatic carbocycles. The van der Waals surface area contributed by atoms with Gasteiger partial charge in [0, 0.05) is 6.08 Å². The van der Waals surface area contributed by atoms with Crippen molar-refractivity contribution < 1.29 is 4.79 Å². The van der Waals surface area contributed by atoms with Crippen LogP contribution in [0, 0.1) is 0 Å². The van der Waals surface area contributed by atoms with Crippen molar-refractivity contribution in [3.63, 3.8) is 0 Å². The van der Waals surface area contributed by atoms with Crippen LogP contribution >= 0.6 is 0 Å². The summed E-state index contributed by atoms with van der Waals surface area (Å²) in [5.74, 6) is -0.0564. The molecular formula is C21H23NO. The number of rotatable bonds is 4. The predicted molar refractivity (Wildman–Crippen MR) is 95.1 cm³/mol. The van der Waals surface area contributed by atoms with Crippen molar-refractivity contribution in [3.05, 3.63) is 76.9 Å². The van der Waals surface area contributed by atoms with Gasteiger partial charge in [0.05, 0.1) is 6.04 Å². The molecule has 23 heavy (non-hydrogen) atoms. The van der Waals surface area contributed by atoms with E-state index in [1.54, 1.807) is 6.08 Å². The number of amides is 1. The van der Waals surface area contributed by atoms with Crippen molar-refractivity contribution >= 4 is 12.0 Å². The van der Waals surface area contributed by atoms with E-state index in [0.717, 1.165) is 12.0 Å². The Kier molecular flexibility index (Phi) is 4.92. The van der Waals surface area contributed by atoms with E-state index in [9.17, 15) is 4.79 Å². The Balaban J connectivity index is 1.63. The third kappa shape index (κ3) is 4.10. The van der Waals surface area contributed by atoms with Crippen LogP contribution in [0.25, 0.3) is 6.08 Å². The minimum absolute atomic E-state index is 0.0233. The van der Waals surface area contributed by atoms with Crippen LogP contribution in [0.3, 0.4) is 0 Å². The summed E-state index contributed by atoms with van der Waals surface area (Å²) < 4.78 is 0. The summed E-state index contributed by atoms with van der Waals surface area (Å²) in [7, 11) is 0. The number of fused-ring (bicyclic) bond motifs is 1. The maximum atomic E-state index is 12.1. The molecule has 3 rings (SSSR count). The summed E-state index contributed by atoms with van der Waals surface area (Å²) in [6.45, 7) is 2.04. The number of hydrogen-bond donors (Lipinski definition) is 1. The van der Waals surface area contributed by atoms with Crippen LogP contribution in [0.4, 0.5) is 0 Å². The zero-order valence-corrected chi connectivity index (χ0v) is 13.6. The van der Waals surface area contributed by atoms with Gasteiger partial charge in [-0.15, -0.1) is 0 Å². The van der Waals surface area contributed by atoms with E-state index in [1.165, 1.54) is 36.0 Å². The smallest absolute Gasteiger partial charge is 0.244 e. The van der Waals surface area contributed by atoms with Crippen molar-refractivity contribution in [1.82, 2.24) is 5.32 Å². The molecule has 0 saturated heterocycles. The molecule has 0 bridgehead atoms. The lowest BCUT2D eigenvalue weighted by molar-refractivity contribution is -0.117. The molecule has 2 heteroatoms. The van der Waals surface area contributed by atoms with Gasteiger partial charge in [0.15, 0.2) is 0 Å². The first kappa shape index (κ1) is 15.5. The number of carbonyl (C=O) groups is 1. The van der Waals surface area contributed by atoms with Crippen molar-refractivity contribution in [1.29, 1.82) is 0 Å². The highest BCUT2D eigenvalue weighted by atomic mass is 16.1. The molecule has 0 radical (unpaired) electrons. The van der Waals surface area contributed by atoms with E-state index in [1.807, 2.05) is 43.3 Å². The third-order valence-corrected chi connectivity index (χ3v) is 4.46. The second kappa shape index (κ2) is 7.28. The molecule has 2 nitrogen and oxygen atoms in total. The molecule has 0 spiro atoms. The van der Waals surface area contributed by atoms with Gasteiger partial charge in [0.2, 0.25) is 5.91 Å². The molecule has 1 aliphatic rings. The van der Waals surface area contributed by atoms with Crippen molar-refractivity contribution in [2.24, 2.45) is 0 Å². The Hall–Kier alpha value is -2.35. The summed E-state index contributed by atoms with van der Waals surface area (Å²) in [6.07, 6.45) is 8.37. The third-order valence-electron chi connectivity index (χ3n) is 4.46. The number of aryl methyl sites for hydroxylation is 2. The molecule has 0 heterocycles. The molecule has 0 unspecified atom stereocenters. The van der Waals surface area contributed by atoms with E-state index >= 15 is 0 Å². The number of nitrogens with one attached hydrogen (secondary N) is 1. The molecule has 1 N–H and O–H groups in total. The highest BCUT2D eigenvalue weighted by Crippen LogP contribution is 2.24. The standard InChI is InChI=1S/C21H23NO/c1-16(19-13-12-18-9-5-6-10-20(18)15-19)22-21(23)14-11-17-7-3-2-4-8-17/h2-4,7-8,11-16H,5-6,9-10H2,1H3,(H,22,23)/b14-11+/t16-/m0/s1. The maximum Gasteiger partial charge on any atom is 0.244 e. The highest BCUT2D eigenvalue weighted by Gasteiger charge is 2.13. The predicted octanol–water partition coefficient (Wildman–Crippen LogP) is 4.46. The van der Waals surface area contributed by atoms with Gasteiger partial charge in [-0.3, -0.25) is 4.79 Å². The monoisotopic (exact) mass is 305 g/mol. The first-order valence-corrected chi connectivity index (χ1v) is 8.38.